The van der Waals surface area contributed by atoms with Gasteiger partial charge in [-0.1, -0.05) is 27.5 Å². The van der Waals surface area contributed by atoms with Crippen LogP contribution >= 0.6 is 27.5 Å². The van der Waals surface area contributed by atoms with Gasteiger partial charge < -0.3 is 19.7 Å². The fourth-order valence-electron chi connectivity index (χ4n) is 3.45. The quantitative estimate of drug-likeness (QED) is 0.480. The second kappa shape index (κ2) is 10.3. The molecule has 1 N–H and O–H groups in total. The summed E-state index contributed by atoms with van der Waals surface area (Å²) in [5.74, 6) is 1.52. The van der Waals surface area contributed by atoms with E-state index in [-0.39, 0.29) is 0 Å². The zero-order valence-electron chi connectivity index (χ0n) is 16.6. The molecule has 4 nitrogen and oxygen atoms in total. The first kappa shape index (κ1) is 21.1. The van der Waals surface area contributed by atoms with E-state index in [1.54, 1.807) is 0 Å². The van der Waals surface area contributed by atoms with Crippen molar-refractivity contribution >= 4 is 38.9 Å². The highest BCUT2D eigenvalue weighted by molar-refractivity contribution is 9.10. The third-order valence-corrected chi connectivity index (χ3v) is 5.88. The molecule has 0 aliphatic carbocycles. The standard InChI is InChI=1S/C22H28BrClN2O2/c1-3-27-21-12-16(18(23)14-22(21)28-4-2)15-25-17-8-9-20(19(24)13-17)26-10-6-5-7-11-26/h8-9,12-14,25H,3-7,10-11,15H2,1-2H3. The lowest BCUT2D eigenvalue weighted by Gasteiger charge is -2.29. The summed E-state index contributed by atoms with van der Waals surface area (Å²) >= 11 is 10.2. The first-order valence-electron chi connectivity index (χ1n) is 9.98. The zero-order chi connectivity index (χ0) is 19.9. The van der Waals surface area contributed by atoms with E-state index in [9.17, 15) is 0 Å². The smallest absolute Gasteiger partial charge is 0.162 e. The van der Waals surface area contributed by atoms with Crippen molar-refractivity contribution in [2.24, 2.45) is 0 Å². The van der Waals surface area contributed by atoms with Crippen molar-refractivity contribution in [2.75, 3.05) is 36.5 Å². The van der Waals surface area contributed by atoms with Gasteiger partial charge in [0.05, 0.1) is 23.9 Å². The molecular weight excluding hydrogens is 440 g/mol. The Morgan fingerprint density at radius 2 is 1.68 bits per heavy atom. The van der Waals surface area contributed by atoms with Crippen molar-refractivity contribution in [3.05, 3.63) is 45.4 Å². The molecule has 1 aliphatic heterocycles. The zero-order valence-corrected chi connectivity index (χ0v) is 18.9. The van der Waals surface area contributed by atoms with Crippen molar-refractivity contribution in [3.63, 3.8) is 0 Å². The molecule has 1 fully saturated rings. The average molecular weight is 468 g/mol. The van der Waals surface area contributed by atoms with Crippen LogP contribution in [0.2, 0.25) is 5.02 Å². The number of ether oxygens (including phenoxy) is 2. The topological polar surface area (TPSA) is 33.7 Å². The summed E-state index contributed by atoms with van der Waals surface area (Å²) in [6.45, 7) is 7.98. The van der Waals surface area contributed by atoms with E-state index in [4.69, 9.17) is 21.1 Å². The van der Waals surface area contributed by atoms with Gasteiger partial charge in [-0.3, -0.25) is 0 Å². The summed E-state index contributed by atoms with van der Waals surface area (Å²) in [4.78, 5) is 2.38. The molecule has 0 aromatic heterocycles. The molecule has 0 radical (unpaired) electrons. The molecular formula is C22H28BrClN2O2. The minimum absolute atomic E-state index is 0.599. The van der Waals surface area contributed by atoms with E-state index in [1.807, 2.05) is 32.0 Å². The van der Waals surface area contributed by atoms with Crippen LogP contribution in [0.5, 0.6) is 11.5 Å². The number of nitrogens with one attached hydrogen (secondary N) is 1. The van der Waals surface area contributed by atoms with Crippen molar-refractivity contribution in [3.8, 4) is 11.5 Å². The minimum atomic E-state index is 0.599. The maximum absolute atomic E-state index is 6.57. The van der Waals surface area contributed by atoms with Crippen molar-refractivity contribution < 1.29 is 9.47 Å². The molecule has 0 amide bonds. The van der Waals surface area contributed by atoms with Gasteiger partial charge in [0.25, 0.3) is 0 Å². The minimum Gasteiger partial charge on any atom is -0.490 e. The number of hydrogen-bond acceptors (Lipinski definition) is 4. The highest BCUT2D eigenvalue weighted by Crippen LogP contribution is 2.35. The number of piperidine rings is 1. The van der Waals surface area contributed by atoms with Gasteiger partial charge in [0.2, 0.25) is 0 Å². The van der Waals surface area contributed by atoms with Crippen molar-refractivity contribution in [2.45, 2.75) is 39.7 Å². The van der Waals surface area contributed by atoms with Crippen LogP contribution in [0.15, 0.2) is 34.8 Å². The molecule has 28 heavy (non-hydrogen) atoms. The van der Waals surface area contributed by atoms with Crippen molar-refractivity contribution in [1.82, 2.24) is 0 Å². The van der Waals surface area contributed by atoms with E-state index in [2.05, 4.69) is 38.3 Å². The Morgan fingerprint density at radius 3 is 2.32 bits per heavy atom. The molecule has 0 bridgehead atoms. The summed E-state index contributed by atoms with van der Waals surface area (Å²) in [5, 5.41) is 4.26. The first-order valence-corrected chi connectivity index (χ1v) is 11.2. The molecule has 0 saturated carbocycles. The lowest BCUT2D eigenvalue weighted by molar-refractivity contribution is 0.287. The molecule has 152 valence electrons. The van der Waals surface area contributed by atoms with Crippen LogP contribution in [-0.4, -0.2) is 26.3 Å². The monoisotopic (exact) mass is 466 g/mol. The molecule has 2 aromatic carbocycles. The maximum atomic E-state index is 6.57. The number of nitrogens with zero attached hydrogens (tertiary/aromatic N) is 1. The molecule has 1 aliphatic rings. The molecule has 1 heterocycles. The lowest BCUT2D eigenvalue weighted by atomic mass is 10.1. The Labute approximate surface area is 181 Å². The summed E-state index contributed by atoms with van der Waals surface area (Å²) in [5.41, 5.74) is 3.24. The van der Waals surface area contributed by atoms with Crippen LogP contribution in [0.3, 0.4) is 0 Å². The Morgan fingerprint density at radius 1 is 1.00 bits per heavy atom. The van der Waals surface area contributed by atoms with Gasteiger partial charge in [0, 0.05) is 29.8 Å². The van der Waals surface area contributed by atoms with Crippen molar-refractivity contribution in [1.29, 1.82) is 0 Å². The van der Waals surface area contributed by atoms with E-state index in [1.165, 1.54) is 19.3 Å². The first-order chi connectivity index (χ1) is 13.6. The van der Waals surface area contributed by atoms with Crippen LogP contribution in [0.1, 0.15) is 38.7 Å². The van der Waals surface area contributed by atoms with Gasteiger partial charge in [-0.2, -0.15) is 0 Å². The van der Waals surface area contributed by atoms with Gasteiger partial charge >= 0.3 is 0 Å². The number of benzene rings is 2. The lowest BCUT2D eigenvalue weighted by Crippen LogP contribution is -2.29. The number of hydrogen-bond donors (Lipinski definition) is 1. The molecule has 0 unspecified atom stereocenters. The average Bonchev–Trinajstić information content (AvgIpc) is 2.70. The van der Waals surface area contributed by atoms with Crippen LogP contribution in [-0.2, 0) is 6.54 Å². The highest BCUT2D eigenvalue weighted by Gasteiger charge is 2.15. The van der Waals surface area contributed by atoms with Crippen LogP contribution in [0.4, 0.5) is 11.4 Å². The molecule has 0 atom stereocenters. The Hall–Kier alpha value is -1.59. The highest BCUT2D eigenvalue weighted by atomic mass is 79.9. The van der Waals surface area contributed by atoms with E-state index in [0.29, 0.717) is 19.8 Å². The van der Waals surface area contributed by atoms with E-state index < -0.39 is 0 Å². The summed E-state index contributed by atoms with van der Waals surface area (Å²) in [6.07, 6.45) is 3.79. The Kier molecular flexibility index (Phi) is 7.74. The van der Waals surface area contributed by atoms with Crippen LogP contribution < -0.4 is 19.7 Å². The Balaban J connectivity index is 1.71. The molecule has 6 heteroatoms. The van der Waals surface area contributed by atoms with E-state index >= 15 is 0 Å². The largest absolute Gasteiger partial charge is 0.490 e. The Bertz CT molecular complexity index is 794. The van der Waals surface area contributed by atoms with Crippen LogP contribution in [0.25, 0.3) is 0 Å². The predicted molar refractivity (Wildman–Crippen MR) is 121 cm³/mol. The third-order valence-electron chi connectivity index (χ3n) is 4.84. The number of halogens is 2. The molecule has 0 spiro atoms. The van der Waals surface area contributed by atoms with Gasteiger partial charge in [-0.25, -0.2) is 0 Å². The van der Waals surface area contributed by atoms with Gasteiger partial charge in [0.15, 0.2) is 11.5 Å². The van der Waals surface area contributed by atoms with Gasteiger partial charge in [-0.15, -0.1) is 0 Å². The molecule has 1 saturated heterocycles. The fraction of sp³-hybridized carbons (Fsp3) is 0.455. The summed E-state index contributed by atoms with van der Waals surface area (Å²) in [7, 11) is 0. The normalized spacial score (nSPS) is 14.1. The number of rotatable bonds is 8. The van der Waals surface area contributed by atoms with Gasteiger partial charge in [0.1, 0.15) is 0 Å². The van der Waals surface area contributed by atoms with Gasteiger partial charge in [-0.05, 0) is 69.0 Å². The molecule has 3 rings (SSSR count). The third kappa shape index (κ3) is 5.26. The van der Waals surface area contributed by atoms with E-state index in [0.717, 1.165) is 51.0 Å². The summed E-state index contributed by atoms with van der Waals surface area (Å²) < 4.78 is 12.4. The fourth-order valence-corrected chi connectivity index (χ4v) is 4.22. The maximum Gasteiger partial charge on any atom is 0.162 e. The molecule has 2 aromatic rings. The number of anilines is 2. The predicted octanol–water partition coefficient (Wildman–Crippen LogP) is 6.50. The van der Waals surface area contributed by atoms with Crippen LogP contribution in [0, 0.1) is 0 Å². The second-order valence-corrected chi connectivity index (χ2v) is 8.09. The summed E-state index contributed by atoms with van der Waals surface area (Å²) in [6, 6.07) is 10.2. The second-order valence-electron chi connectivity index (χ2n) is 6.82. The SMILES string of the molecule is CCOc1cc(Br)c(CNc2ccc(N3CCCCC3)c(Cl)c2)cc1OCC.